The maximum atomic E-state index is 12.9. The number of amides is 1. The lowest BCUT2D eigenvalue weighted by Gasteiger charge is -2.14. The van der Waals surface area contributed by atoms with Crippen LogP contribution in [0, 0.1) is 5.82 Å². The summed E-state index contributed by atoms with van der Waals surface area (Å²) in [5.74, 6) is -0.509. The summed E-state index contributed by atoms with van der Waals surface area (Å²) in [7, 11) is 0. The Kier molecular flexibility index (Phi) is 3.35. The number of nitrogens with zero attached hydrogens (tertiary/aromatic N) is 2. The summed E-state index contributed by atoms with van der Waals surface area (Å²) in [6.45, 7) is 1.85. The molecular weight excluding hydrogens is 271 g/mol. The van der Waals surface area contributed by atoms with Gasteiger partial charge in [0, 0.05) is 5.56 Å². The second-order valence-corrected chi connectivity index (χ2v) is 4.77. The fourth-order valence-corrected chi connectivity index (χ4v) is 2.10. The first-order chi connectivity index (χ1) is 10.1. The zero-order valence-electron chi connectivity index (χ0n) is 11.3. The molecule has 0 unspecified atom stereocenters. The van der Waals surface area contributed by atoms with E-state index in [1.54, 1.807) is 30.3 Å². The van der Waals surface area contributed by atoms with Crippen LogP contribution in [0.2, 0.25) is 0 Å². The Morgan fingerprint density at radius 1 is 1.14 bits per heavy atom. The minimum absolute atomic E-state index is 0.211. The second kappa shape index (κ2) is 5.32. The molecule has 1 aromatic heterocycles. The van der Waals surface area contributed by atoms with Crippen LogP contribution in [0.25, 0.3) is 11.0 Å². The van der Waals surface area contributed by atoms with E-state index in [1.165, 1.54) is 12.1 Å². The van der Waals surface area contributed by atoms with Gasteiger partial charge in [0.15, 0.2) is 0 Å². The van der Waals surface area contributed by atoms with E-state index in [4.69, 9.17) is 0 Å². The van der Waals surface area contributed by atoms with E-state index < -0.39 is 0 Å². The summed E-state index contributed by atoms with van der Waals surface area (Å²) in [4.78, 5) is 12.2. The molecule has 2 N–H and O–H groups in total. The largest absolute Gasteiger partial charge is 0.346 e. The zero-order chi connectivity index (χ0) is 14.8. The van der Waals surface area contributed by atoms with Crippen LogP contribution in [0.3, 0.4) is 0 Å². The SMILES string of the molecule is C[C@@H](NC(=O)c1ccc2n[nH]nc2c1)c1ccc(F)cc1. The fraction of sp³-hybridized carbons (Fsp3) is 0.133. The van der Waals surface area contributed by atoms with Gasteiger partial charge < -0.3 is 5.32 Å². The molecule has 0 saturated carbocycles. The second-order valence-electron chi connectivity index (χ2n) is 4.77. The average Bonchev–Trinajstić information content (AvgIpc) is 2.95. The molecule has 1 atom stereocenters. The van der Waals surface area contributed by atoms with Crippen molar-refractivity contribution >= 4 is 16.9 Å². The molecular formula is C15H13FN4O. The van der Waals surface area contributed by atoms with Crippen molar-refractivity contribution in [3.8, 4) is 0 Å². The lowest BCUT2D eigenvalue weighted by molar-refractivity contribution is 0.0940. The summed E-state index contributed by atoms with van der Waals surface area (Å²) in [6.07, 6.45) is 0. The molecule has 5 nitrogen and oxygen atoms in total. The molecule has 0 saturated heterocycles. The van der Waals surface area contributed by atoms with Gasteiger partial charge in [-0.05, 0) is 42.8 Å². The lowest BCUT2D eigenvalue weighted by atomic mass is 10.1. The van der Waals surface area contributed by atoms with Crippen LogP contribution < -0.4 is 5.32 Å². The molecule has 0 radical (unpaired) electrons. The number of nitrogens with one attached hydrogen (secondary N) is 2. The number of hydrogen-bond acceptors (Lipinski definition) is 3. The van der Waals surface area contributed by atoms with Gasteiger partial charge in [0.2, 0.25) is 0 Å². The summed E-state index contributed by atoms with van der Waals surface area (Å²) < 4.78 is 12.9. The number of aromatic amines is 1. The first-order valence-electron chi connectivity index (χ1n) is 6.50. The Hall–Kier alpha value is -2.76. The molecule has 2 aromatic carbocycles. The Morgan fingerprint density at radius 3 is 2.62 bits per heavy atom. The molecule has 3 aromatic rings. The number of halogens is 1. The molecule has 1 heterocycles. The van der Waals surface area contributed by atoms with Crippen LogP contribution in [0.5, 0.6) is 0 Å². The highest BCUT2D eigenvalue weighted by molar-refractivity contribution is 5.97. The topological polar surface area (TPSA) is 70.7 Å². The molecule has 0 spiro atoms. The van der Waals surface area contributed by atoms with Crippen molar-refractivity contribution in [2.75, 3.05) is 0 Å². The van der Waals surface area contributed by atoms with Gasteiger partial charge in [-0.2, -0.15) is 15.4 Å². The van der Waals surface area contributed by atoms with E-state index in [0.717, 1.165) is 5.56 Å². The molecule has 1 amide bonds. The first kappa shape index (κ1) is 13.2. The monoisotopic (exact) mass is 284 g/mol. The van der Waals surface area contributed by atoms with Gasteiger partial charge in [0.25, 0.3) is 5.91 Å². The van der Waals surface area contributed by atoms with Gasteiger partial charge in [0.1, 0.15) is 16.9 Å². The highest BCUT2D eigenvalue weighted by atomic mass is 19.1. The molecule has 0 aliphatic heterocycles. The first-order valence-corrected chi connectivity index (χ1v) is 6.50. The third-order valence-corrected chi connectivity index (χ3v) is 3.30. The van der Waals surface area contributed by atoms with Gasteiger partial charge in [-0.15, -0.1) is 0 Å². The number of fused-ring (bicyclic) bond motifs is 1. The number of rotatable bonds is 3. The van der Waals surface area contributed by atoms with Crippen molar-refractivity contribution in [3.05, 3.63) is 59.4 Å². The van der Waals surface area contributed by atoms with Crippen molar-refractivity contribution < 1.29 is 9.18 Å². The van der Waals surface area contributed by atoms with Gasteiger partial charge in [-0.1, -0.05) is 12.1 Å². The number of H-pyrrole nitrogens is 1. The molecule has 0 bridgehead atoms. The van der Waals surface area contributed by atoms with Crippen molar-refractivity contribution in [1.82, 2.24) is 20.7 Å². The van der Waals surface area contributed by atoms with Gasteiger partial charge in [-0.25, -0.2) is 4.39 Å². The van der Waals surface area contributed by atoms with Gasteiger partial charge in [-0.3, -0.25) is 4.79 Å². The summed E-state index contributed by atoms with van der Waals surface area (Å²) in [5, 5.41) is 13.3. The molecule has 0 aliphatic rings. The van der Waals surface area contributed by atoms with Crippen LogP contribution >= 0.6 is 0 Å². The number of carbonyl (C=O) groups is 1. The molecule has 0 aliphatic carbocycles. The minimum Gasteiger partial charge on any atom is -0.346 e. The van der Waals surface area contributed by atoms with E-state index >= 15 is 0 Å². The van der Waals surface area contributed by atoms with E-state index in [1.807, 2.05) is 6.92 Å². The average molecular weight is 284 g/mol. The Balaban J connectivity index is 1.77. The summed E-state index contributed by atoms with van der Waals surface area (Å²) in [5.41, 5.74) is 2.69. The van der Waals surface area contributed by atoms with Crippen LogP contribution in [0.4, 0.5) is 4.39 Å². The smallest absolute Gasteiger partial charge is 0.251 e. The van der Waals surface area contributed by atoms with E-state index in [9.17, 15) is 9.18 Å². The highest BCUT2D eigenvalue weighted by Gasteiger charge is 2.12. The van der Waals surface area contributed by atoms with E-state index in [0.29, 0.717) is 16.6 Å². The molecule has 106 valence electrons. The van der Waals surface area contributed by atoms with Crippen LogP contribution in [-0.2, 0) is 0 Å². The van der Waals surface area contributed by atoms with Crippen molar-refractivity contribution in [2.45, 2.75) is 13.0 Å². The Morgan fingerprint density at radius 2 is 1.86 bits per heavy atom. The van der Waals surface area contributed by atoms with Crippen molar-refractivity contribution in [2.24, 2.45) is 0 Å². The molecule has 21 heavy (non-hydrogen) atoms. The normalized spacial score (nSPS) is 12.3. The molecule has 3 rings (SSSR count). The molecule has 6 heteroatoms. The van der Waals surface area contributed by atoms with Gasteiger partial charge in [0.05, 0.1) is 6.04 Å². The number of carbonyl (C=O) groups excluding carboxylic acids is 1. The van der Waals surface area contributed by atoms with Crippen molar-refractivity contribution in [3.63, 3.8) is 0 Å². The third kappa shape index (κ3) is 2.74. The highest BCUT2D eigenvalue weighted by Crippen LogP contribution is 2.15. The number of benzene rings is 2. The van der Waals surface area contributed by atoms with Gasteiger partial charge >= 0.3 is 0 Å². The predicted octanol–water partition coefficient (Wildman–Crippen LogP) is 2.59. The molecule has 0 fully saturated rings. The Bertz CT molecular complexity index is 782. The van der Waals surface area contributed by atoms with Crippen LogP contribution in [-0.4, -0.2) is 21.3 Å². The van der Waals surface area contributed by atoms with E-state index in [-0.39, 0.29) is 17.8 Å². The minimum atomic E-state index is -0.297. The maximum Gasteiger partial charge on any atom is 0.251 e. The van der Waals surface area contributed by atoms with Crippen LogP contribution in [0.15, 0.2) is 42.5 Å². The number of aromatic nitrogens is 3. The summed E-state index contributed by atoms with van der Waals surface area (Å²) >= 11 is 0. The number of hydrogen-bond donors (Lipinski definition) is 2. The van der Waals surface area contributed by atoms with Crippen molar-refractivity contribution in [1.29, 1.82) is 0 Å². The van der Waals surface area contributed by atoms with Crippen LogP contribution in [0.1, 0.15) is 28.9 Å². The third-order valence-electron chi connectivity index (χ3n) is 3.30. The Labute approximate surface area is 120 Å². The van der Waals surface area contributed by atoms with E-state index in [2.05, 4.69) is 20.7 Å². The predicted molar refractivity (Wildman–Crippen MR) is 76.2 cm³/mol. The fourth-order valence-electron chi connectivity index (χ4n) is 2.10. The maximum absolute atomic E-state index is 12.9. The summed E-state index contributed by atoms with van der Waals surface area (Å²) in [6, 6.07) is 10.9. The standard InChI is InChI=1S/C15H13FN4O/c1-9(10-2-5-12(16)6-3-10)17-15(21)11-4-7-13-14(8-11)19-20-18-13/h2-9H,1H3,(H,17,21)(H,18,19,20)/t9-/m1/s1. The zero-order valence-corrected chi connectivity index (χ0v) is 11.3. The quantitative estimate of drug-likeness (QED) is 0.776. The lowest BCUT2D eigenvalue weighted by Crippen LogP contribution is -2.26.